The van der Waals surface area contributed by atoms with Gasteiger partial charge in [0, 0.05) is 32.7 Å². The second kappa shape index (κ2) is 5.10. The van der Waals surface area contributed by atoms with Gasteiger partial charge in [0.2, 0.25) is 0 Å². The van der Waals surface area contributed by atoms with E-state index in [2.05, 4.69) is 16.7 Å². The largest absolute Gasteiger partial charge is 0.379 e. The predicted octanol–water partition coefficient (Wildman–Crippen LogP) is 0.660. The van der Waals surface area contributed by atoms with Crippen LogP contribution >= 0.6 is 0 Å². The molecule has 0 saturated carbocycles. The van der Waals surface area contributed by atoms with Crippen LogP contribution in [-0.2, 0) is 4.74 Å². The average molecular weight is 198 g/mol. The molecule has 2 aliphatic rings. The lowest BCUT2D eigenvalue weighted by Gasteiger charge is -2.28. The van der Waals surface area contributed by atoms with Crippen LogP contribution in [-0.4, -0.2) is 62.3 Å². The number of nitrogens with zero attached hydrogens (tertiary/aromatic N) is 2. The van der Waals surface area contributed by atoms with Crippen molar-refractivity contribution in [1.82, 2.24) is 9.80 Å². The molecule has 2 rings (SSSR count). The smallest absolute Gasteiger partial charge is 0.0594 e. The molecule has 0 amide bonds. The third-order valence-electron chi connectivity index (χ3n) is 3.34. The van der Waals surface area contributed by atoms with Gasteiger partial charge in [0.15, 0.2) is 0 Å². The fraction of sp³-hybridized carbons (Fsp3) is 1.00. The van der Waals surface area contributed by atoms with Crippen LogP contribution in [0, 0.1) is 5.92 Å². The van der Waals surface area contributed by atoms with Crippen LogP contribution in [0.1, 0.15) is 13.3 Å². The molecule has 0 bridgehead atoms. The lowest BCUT2D eigenvalue weighted by Crippen LogP contribution is -2.41. The summed E-state index contributed by atoms with van der Waals surface area (Å²) < 4.78 is 5.33. The van der Waals surface area contributed by atoms with E-state index in [0.717, 1.165) is 32.2 Å². The van der Waals surface area contributed by atoms with Crippen LogP contribution in [0.2, 0.25) is 0 Å². The maximum Gasteiger partial charge on any atom is 0.0594 e. The van der Waals surface area contributed by atoms with E-state index in [1.165, 1.54) is 32.6 Å². The molecule has 1 atom stereocenters. The summed E-state index contributed by atoms with van der Waals surface area (Å²) in [5.41, 5.74) is 0. The minimum atomic E-state index is 0.916. The van der Waals surface area contributed by atoms with Gasteiger partial charge < -0.3 is 9.64 Å². The fourth-order valence-electron chi connectivity index (χ4n) is 2.34. The van der Waals surface area contributed by atoms with E-state index in [4.69, 9.17) is 4.74 Å². The lowest BCUT2D eigenvalue weighted by atomic mass is 10.2. The standard InChI is InChI=1S/C11H22N2O/c1-11-2-3-13(10-11)5-4-12-6-8-14-9-7-12/h11H,2-10H2,1H3/t11-/m1/s1. The zero-order valence-corrected chi connectivity index (χ0v) is 9.24. The third-order valence-corrected chi connectivity index (χ3v) is 3.34. The van der Waals surface area contributed by atoms with E-state index in [9.17, 15) is 0 Å². The van der Waals surface area contributed by atoms with Crippen molar-refractivity contribution in [1.29, 1.82) is 0 Å². The normalized spacial score (nSPS) is 31.1. The summed E-state index contributed by atoms with van der Waals surface area (Å²) in [6, 6.07) is 0. The molecule has 0 radical (unpaired) electrons. The maximum absolute atomic E-state index is 5.33. The molecule has 0 spiro atoms. The highest BCUT2D eigenvalue weighted by Crippen LogP contribution is 2.14. The van der Waals surface area contributed by atoms with Crippen molar-refractivity contribution in [3.05, 3.63) is 0 Å². The molecule has 3 nitrogen and oxygen atoms in total. The van der Waals surface area contributed by atoms with E-state index in [0.29, 0.717) is 0 Å². The lowest BCUT2D eigenvalue weighted by molar-refractivity contribution is 0.0343. The van der Waals surface area contributed by atoms with E-state index < -0.39 is 0 Å². The molecule has 82 valence electrons. The van der Waals surface area contributed by atoms with Gasteiger partial charge >= 0.3 is 0 Å². The summed E-state index contributed by atoms with van der Waals surface area (Å²) in [6.07, 6.45) is 1.39. The second-order valence-corrected chi connectivity index (χ2v) is 4.65. The molecule has 2 aliphatic heterocycles. The molecule has 2 heterocycles. The fourth-order valence-corrected chi connectivity index (χ4v) is 2.34. The monoisotopic (exact) mass is 198 g/mol. The van der Waals surface area contributed by atoms with Gasteiger partial charge in [0.25, 0.3) is 0 Å². The van der Waals surface area contributed by atoms with Crippen molar-refractivity contribution in [2.24, 2.45) is 5.92 Å². The second-order valence-electron chi connectivity index (χ2n) is 4.65. The molecule has 3 heteroatoms. The zero-order valence-electron chi connectivity index (χ0n) is 9.24. The Kier molecular flexibility index (Phi) is 3.79. The van der Waals surface area contributed by atoms with Crippen molar-refractivity contribution < 1.29 is 4.74 Å². The van der Waals surface area contributed by atoms with Crippen molar-refractivity contribution >= 4 is 0 Å². The minimum absolute atomic E-state index is 0.916. The van der Waals surface area contributed by atoms with Crippen LogP contribution in [0.15, 0.2) is 0 Å². The first-order valence-corrected chi connectivity index (χ1v) is 5.87. The molecule has 14 heavy (non-hydrogen) atoms. The Morgan fingerprint density at radius 2 is 1.79 bits per heavy atom. The van der Waals surface area contributed by atoms with E-state index >= 15 is 0 Å². The Morgan fingerprint density at radius 1 is 1.07 bits per heavy atom. The van der Waals surface area contributed by atoms with Gasteiger partial charge in [0.1, 0.15) is 0 Å². The highest BCUT2D eigenvalue weighted by molar-refractivity contribution is 4.73. The number of ether oxygens (including phenoxy) is 1. The van der Waals surface area contributed by atoms with Gasteiger partial charge in [-0.2, -0.15) is 0 Å². The molecule has 0 aromatic carbocycles. The van der Waals surface area contributed by atoms with Gasteiger partial charge in [-0.1, -0.05) is 6.92 Å². The van der Waals surface area contributed by atoms with Gasteiger partial charge in [-0.15, -0.1) is 0 Å². The summed E-state index contributed by atoms with van der Waals surface area (Å²) in [7, 11) is 0. The average Bonchev–Trinajstić information content (AvgIpc) is 2.63. The van der Waals surface area contributed by atoms with Gasteiger partial charge in [-0.3, -0.25) is 4.90 Å². The van der Waals surface area contributed by atoms with Crippen molar-refractivity contribution in [2.75, 3.05) is 52.5 Å². The van der Waals surface area contributed by atoms with Crippen LogP contribution in [0.25, 0.3) is 0 Å². The summed E-state index contributed by atoms with van der Waals surface area (Å²) in [5.74, 6) is 0.916. The first kappa shape index (κ1) is 10.4. The Morgan fingerprint density at radius 3 is 2.43 bits per heavy atom. The molecule has 0 aromatic rings. The molecular formula is C11H22N2O. The maximum atomic E-state index is 5.33. The van der Waals surface area contributed by atoms with E-state index in [1.807, 2.05) is 0 Å². The third kappa shape index (κ3) is 2.94. The number of morpholine rings is 1. The van der Waals surface area contributed by atoms with Crippen LogP contribution in [0.4, 0.5) is 0 Å². The molecule has 0 aliphatic carbocycles. The highest BCUT2D eigenvalue weighted by atomic mass is 16.5. The summed E-state index contributed by atoms with van der Waals surface area (Å²) in [5, 5.41) is 0. The van der Waals surface area contributed by atoms with Crippen molar-refractivity contribution in [3.8, 4) is 0 Å². The SMILES string of the molecule is C[C@@H]1CCN(CCN2CCOCC2)C1. The zero-order chi connectivity index (χ0) is 9.80. The topological polar surface area (TPSA) is 15.7 Å². The quantitative estimate of drug-likeness (QED) is 0.662. The number of rotatable bonds is 3. The Balaban J connectivity index is 1.61. The first-order chi connectivity index (χ1) is 6.84. The summed E-state index contributed by atoms with van der Waals surface area (Å²) >= 11 is 0. The minimum Gasteiger partial charge on any atom is -0.379 e. The van der Waals surface area contributed by atoms with E-state index in [-0.39, 0.29) is 0 Å². The Hall–Kier alpha value is -0.120. The van der Waals surface area contributed by atoms with Gasteiger partial charge in [0.05, 0.1) is 13.2 Å². The highest BCUT2D eigenvalue weighted by Gasteiger charge is 2.19. The van der Waals surface area contributed by atoms with E-state index in [1.54, 1.807) is 0 Å². The van der Waals surface area contributed by atoms with Crippen LogP contribution < -0.4 is 0 Å². The molecule has 0 unspecified atom stereocenters. The van der Waals surface area contributed by atoms with Crippen molar-refractivity contribution in [3.63, 3.8) is 0 Å². The van der Waals surface area contributed by atoms with Gasteiger partial charge in [-0.05, 0) is 18.9 Å². The number of likely N-dealkylation sites (tertiary alicyclic amines) is 1. The number of hydrogen-bond acceptors (Lipinski definition) is 3. The Labute approximate surface area is 87.0 Å². The predicted molar refractivity (Wildman–Crippen MR) is 57.5 cm³/mol. The Bertz CT molecular complexity index is 164. The first-order valence-electron chi connectivity index (χ1n) is 5.87. The molecular weight excluding hydrogens is 176 g/mol. The van der Waals surface area contributed by atoms with Gasteiger partial charge in [-0.25, -0.2) is 0 Å². The van der Waals surface area contributed by atoms with Crippen LogP contribution in [0.5, 0.6) is 0 Å². The molecule has 0 N–H and O–H groups in total. The molecule has 2 saturated heterocycles. The van der Waals surface area contributed by atoms with Crippen LogP contribution in [0.3, 0.4) is 0 Å². The number of hydrogen-bond donors (Lipinski definition) is 0. The summed E-state index contributed by atoms with van der Waals surface area (Å²) in [4.78, 5) is 5.12. The summed E-state index contributed by atoms with van der Waals surface area (Å²) in [6.45, 7) is 11.6. The van der Waals surface area contributed by atoms with Crippen molar-refractivity contribution in [2.45, 2.75) is 13.3 Å². The molecule has 2 fully saturated rings. The molecule has 0 aromatic heterocycles.